The lowest BCUT2D eigenvalue weighted by atomic mass is 9.91. The van der Waals surface area contributed by atoms with Gasteiger partial charge in [0.2, 0.25) is 11.8 Å². The topological polar surface area (TPSA) is 223 Å². The minimum absolute atomic E-state index is 0.0925. The highest BCUT2D eigenvalue weighted by molar-refractivity contribution is 6.03. The Bertz CT molecular complexity index is 2760. The molecule has 70 heavy (non-hydrogen) atoms. The van der Waals surface area contributed by atoms with Crippen LogP contribution in [0.3, 0.4) is 0 Å². The molecule has 1 aliphatic carbocycles. The second-order valence-corrected chi connectivity index (χ2v) is 20.3. The van der Waals surface area contributed by atoms with Crippen LogP contribution in [0.15, 0.2) is 41.6 Å². The predicted molar refractivity (Wildman–Crippen MR) is 254 cm³/mol. The minimum Gasteiger partial charge on any atom is -0.439 e. The van der Waals surface area contributed by atoms with Crippen molar-refractivity contribution in [3.63, 3.8) is 0 Å². The summed E-state index contributed by atoms with van der Waals surface area (Å²) in [6.45, 7) is 11.0. The first kappa shape index (κ1) is 46.9. The van der Waals surface area contributed by atoms with Crippen LogP contribution in [0.25, 0.3) is 33.7 Å². The number of nitrogens with zero attached hydrogens (tertiary/aromatic N) is 10. The molecule has 370 valence electrons. The van der Waals surface area contributed by atoms with Crippen LogP contribution in [0.2, 0.25) is 0 Å². The van der Waals surface area contributed by atoms with Gasteiger partial charge in [-0.15, -0.1) is 0 Å². The summed E-state index contributed by atoms with van der Waals surface area (Å²) in [7, 11) is 0. The third-order valence-electron chi connectivity index (χ3n) is 14.5. The molecular formula is C49H59F2N13O6. The number of likely N-dealkylation sites (tertiary alicyclic amines) is 2. The van der Waals surface area contributed by atoms with Crippen LogP contribution >= 0.6 is 0 Å². The Balaban J connectivity index is 0.666. The number of piperazine rings is 1. The Morgan fingerprint density at radius 3 is 2.21 bits per heavy atom. The first-order chi connectivity index (χ1) is 33.7. The third-order valence-corrected chi connectivity index (χ3v) is 14.5. The number of carbonyl (C=O) groups excluding carboxylic acids is 4. The maximum Gasteiger partial charge on any atom is 0.410 e. The zero-order chi connectivity index (χ0) is 48.8. The fraction of sp³-hybridized carbons (Fsp3) is 0.531. The number of imide groups is 1. The number of hydrogen-bond donors (Lipinski definition) is 3. The van der Waals surface area contributed by atoms with Gasteiger partial charge in [-0.2, -0.15) is 0 Å². The van der Waals surface area contributed by atoms with E-state index in [2.05, 4.69) is 56.0 Å². The molecule has 4 amide bonds. The Labute approximate surface area is 403 Å². The number of ether oxygens (including phenoxy) is 1. The highest BCUT2D eigenvalue weighted by Crippen LogP contribution is 2.48. The van der Waals surface area contributed by atoms with Gasteiger partial charge in [0.1, 0.15) is 35.2 Å². The summed E-state index contributed by atoms with van der Waals surface area (Å²) in [6, 6.07) is 1.63. The molecule has 0 radical (unpaired) electrons. The number of rotatable bonds is 11. The van der Waals surface area contributed by atoms with Gasteiger partial charge in [-0.25, -0.2) is 33.5 Å². The summed E-state index contributed by atoms with van der Waals surface area (Å²) in [5.74, 6) is -0.160. The van der Waals surface area contributed by atoms with E-state index >= 15 is 8.78 Å². The lowest BCUT2D eigenvalue weighted by molar-refractivity contribution is -0.136. The Morgan fingerprint density at radius 2 is 1.56 bits per heavy atom. The van der Waals surface area contributed by atoms with Crippen molar-refractivity contribution >= 4 is 52.0 Å². The number of piperidine rings is 3. The van der Waals surface area contributed by atoms with E-state index in [-0.39, 0.29) is 60.0 Å². The second-order valence-electron chi connectivity index (χ2n) is 20.3. The number of nitrogens with one attached hydrogen (secondary N) is 2. The number of carbonyl (C=O) groups is 4. The van der Waals surface area contributed by atoms with Gasteiger partial charge < -0.3 is 39.6 Å². The molecule has 4 aromatic heterocycles. The quantitative estimate of drug-likeness (QED) is 0.137. The average molecular weight is 964 g/mol. The fourth-order valence-electron chi connectivity index (χ4n) is 10.4. The van der Waals surface area contributed by atoms with Crippen LogP contribution < -0.4 is 21.3 Å². The van der Waals surface area contributed by atoms with Crippen LogP contribution in [0, 0.1) is 17.6 Å². The predicted octanol–water partition coefficient (Wildman–Crippen LogP) is 5.63. The van der Waals surface area contributed by atoms with Crippen LogP contribution in [0.4, 0.5) is 30.8 Å². The van der Waals surface area contributed by atoms with Gasteiger partial charge in [0.15, 0.2) is 29.8 Å². The van der Waals surface area contributed by atoms with Gasteiger partial charge >= 0.3 is 6.09 Å². The Kier molecular flexibility index (Phi) is 12.9. The molecule has 1 atom stereocenters. The van der Waals surface area contributed by atoms with E-state index in [1.807, 2.05) is 18.6 Å². The molecule has 0 bridgehead atoms. The number of amides is 4. The van der Waals surface area contributed by atoms with Crippen molar-refractivity contribution in [1.82, 2.24) is 49.7 Å². The highest BCUT2D eigenvalue weighted by atomic mass is 19.1. The summed E-state index contributed by atoms with van der Waals surface area (Å²) in [5.41, 5.74) is 10.0. The number of hydrogen-bond acceptors (Lipinski definition) is 15. The van der Waals surface area contributed by atoms with E-state index in [1.165, 1.54) is 18.5 Å². The molecule has 5 fully saturated rings. The van der Waals surface area contributed by atoms with Gasteiger partial charge in [0.25, 0.3) is 5.91 Å². The highest BCUT2D eigenvalue weighted by Gasteiger charge is 2.37. The van der Waals surface area contributed by atoms with Crippen LogP contribution in [-0.4, -0.2) is 140 Å². The second kappa shape index (κ2) is 19.2. The summed E-state index contributed by atoms with van der Waals surface area (Å²) in [5, 5.41) is 10.4. The van der Waals surface area contributed by atoms with Crippen molar-refractivity contribution in [2.24, 2.45) is 5.92 Å². The first-order valence-corrected chi connectivity index (χ1v) is 24.4. The van der Waals surface area contributed by atoms with E-state index in [4.69, 9.17) is 25.0 Å². The number of nitrogen functional groups attached to an aromatic ring is 1. The van der Waals surface area contributed by atoms with Crippen molar-refractivity contribution in [2.45, 2.75) is 95.6 Å². The summed E-state index contributed by atoms with van der Waals surface area (Å²) < 4.78 is 44.1. The zero-order valence-corrected chi connectivity index (χ0v) is 39.8. The SMILES string of the molecule is CC(C)(C)n1cc(-c2noc(C3CC3)c2-c2ncc(C3CCN(C(=O)OCC(=O)N4CCC(CN5CCN(c6c(F)cc(N[C@H]7CCC(=O)NC7=O)cc6F)CC5)CC4)CC3)cn2)c2c(N)ncnc21. The number of fused-ring (bicyclic) bond motifs is 1. The molecule has 4 saturated heterocycles. The molecule has 8 heterocycles. The summed E-state index contributed by atoms with van der Waals surface area (Å²) in [6.07, 6.45) is 12.1. The van der Waals surface area contributed by atoms with Crippen molar-refractivity contribution < 1.29 is 37.2 Å². The van der Waals surface area contributed by atoms with Crippen LogP contribution in [-0.2, 0) is 24.7 Å². The third kappa shape index (κ3) is 9.71. The number of benzene rings is 1. The van der Waals surface area contributed by atoms with E-state index in [0.717, 1.165) is 54.7 Å². The molecule has 4 aliphatic heterocycles. The number of anilines is 3. The van der Waals surface area contributed by atoms with Crippen molar-refractivity contribution in [1.29, 1.82) is 0 Å². The normalized spacial score (nSPS) is 20.0. The smallest absolute Gasteiger partial charge is 0.410 e. The van der Waals surface area contributed by atoms with Gasteiger partial charge in [-0.05, 0) is 95.2 Å². The summed E-state index contributed by atoms with van der Waals surface area (Å²) in [4.78, 5) is 75.9. The van der Waals surface area contributed by atoms with E-state index in [1.54, 1.807) is 14.7 Å². The number of nitrogens with two attached hydrogens (primary N) is 1. The number of aromatic nitrogens is 6. The van der Waals surface area contributed by atoms with Crippen molar-refractivity contribution in [2.75, 3.05) is 81.5 Å². The molecular weight excluding hydrogens is 905 g/mol. The van der Waals surface area contributed by atoms with Gasteiger partial charge in [-0.3, -0.25) is 24.6 Å². The van der Waals surface area contributed by atoms with Gasteiger partial charge in [0.05, 0.1) is 10.9 Å². The first-order valence-electron chi connectivity index (χ1n) is 24.4. The van der Waals surface area contributed by atoms with E-state index in [0.29, 0.717) is 99.5 Å². The van der Waals surface area contributed by atoms with Crippen LogP contribution in [0.1, 0.15) is 95.3 Å². The minimum atomic E-state index is -0.744. The van der Waals surface area contributed by atoms with E-state index in [9.17, 15) is 19.2 Å². The zero-order valence-electron chi connectivity index (χ0n) is 39.8. The largest absolute Gasteiger partial charge is 0.439 e. The molecule has 5 aromatic rings. The standard InChI is InChI=1S/C49H59F2N13O6/c1-49(2,3)64-25-33(39-44(52)55-27-56-46(39)64)41-40(43(70-59-41)30-4-5-30)45-53-22-31(23-54-45)29-10-14-63(15-11-29)48(68)69-26-38(66)61-12-8-28(9-13-61)24-60-16-18-62(19-17-60)42-34(50)20-32(21-35(42)51)57-36-6-7-37(65)58-47(36)67/h20-23,25,27-30,36,57H,4-19,24,26H2,1-3H3,(H2,52,55,56)(H,58,65,67)/t36-/m0/s1. The van der Waals surface area contributed by atoms with E-state index < -0.39 is 29.7 Å². The lowest BCUT2D eigenvalue weighted by Crippen LogP contribution is -2.50. The molecule has 1 saturated carbocycles. The van der Waals surface area contributed by atoms with Gasteiger partial charge in [0, 0.05) is 107 Å². The monoisotopic (exact) mass is 963 g/mol. The average Bonchev–Trinajstić information content (AvgIpc) is 3.96. The molecule has 10 rings (SSSR count). The van der Waals surface area contributed by atoms with Gasteiger partial charge in [-0.1, -0.05) is 5.16 Å². The Hall–Kier alpha value is -6.77. The maximum absolute atomic E-state index is 15.3. The van der Waals surface area contributed by atoms with Crippen molar-refractivity contribution in [3.05, 3.63) is 60.0 Å². The Morgan fingerprint density at radius 1 is 0.871 bits per heavy atom. The number of halogens is 2. The lowest BCUT2D eigenvalue weighted by Gasteiger charge is -2.39. The molecule has 4 N–H and O–H groups in total. The molecule has 0 spiro atoms. The maximum atomic E-state index is 15.3. The van der Waals surface area contributed by atoms with Crippen LogP contribution in [0.5, 0.6) is 0 Å². The fourth-order valence-corrected chi connectivity index (χ4v) is 10.4. The molecule has 5 aliphatic rings. The molecule has 0 unspecified atom stereocenters. The van der Waals surface area contributed by atoms with Crippen molar-refractivity contribution in [3.8, 4) is 22.6 Å². The summed E-state index contributed by atoms with van der Waals surface area (Å²) >= 11 is 0. The molecule has 1 aromatic carbocycles. The molecule has 21 heteroatoms. The molecule has 19 nitrogen and oxygen atoms in total.